The molecule has 0 saturated carbocycles. The summed E-state index contributed by atoms with van der Waals surface area (Å²) in [5, 5.41) is 0. The third-order valence-corrected chi connectivity index (χ3v) is 2.36. The lowest BCUT2D eigenvalue weighted by Gasteiger charge is -1.97. The number of amides is 1. The molecule has 15 heavy (non-hydrogen) atoms. The van der Waals surface area contributed by atoms with Crippen molar-refractivity contribution in [3.63, 3.8) is 0 Å². The molecule has 1 amide bonds. The monoisotopic (exact) mass is 199 g/mol. The van der Waals surface area contributed by atoms with E-state index in [-0.39, 0.29) is 5.78 Å². The second kappa shape index (κ2) is 3.58. The van der Waals surface area contributed by atoms with E-state index in [0.717, 1.165) is 23.1 Å². The number of carbonyl (C=O) groups excluding carboxylic acids is 2. The van der Waals surface area contributed by atoms with Crippen LogP contribution in [0.5, 0.6) is 0 Å². The number of carbonyl (C=O) groups is 2. The van der Waals surface area contributed by atoms with E-state index in [2.05, 4.69) is 11.8 Å². The molecule has 3 nitrogen and oxygen atoms in total. The van der Waals surface area contributed by atoms with Gasteiger partial charge in [-0.1, -0.05) is 5.92 Å². The first-order valence-corrected chi connectivity index (χ1v) is 4.64. The van der Waals surface area contributed by atoms with Crippen LogP contribution in [0.2, 0.25) is 0 Å². The molecule has 0 unspecified atom stereocenters. The Bertz CT molecular complexity index is 506. The van der Waals surface area contributed by atoms with Crippen LogP contribution in [0.1, 0.15) is 27.9 Å². The first-order chi connectivity index (χ1) is 7.16. The molecule has 0 atom stereocenters. The average Bonchev–Trinajstić information content (AvgIpc) is 2.57. The van der Waals surface area contributed by atoms with Crippen LogP contribution in [0, 0.1) is 11.8 Å². The third-order valence-electron chi connectivity index (χ3n) is 2.36. The molecule has 0 radical (unpaired) electrons. The summed E-state index contributed by atoms with van der Waals surface area (Å²) in [5.41, 5.74) is 7.42. The summed E-state index contributed by atoms with van der Waals surface area (Å²) in [5.74, 6) is 4.45. The maximum absolute atomic E-state index is 11.3. The zero-order valence-electron chi connectivity index (χ0n) is 8.04. The molecule has 0 bridgehead atoms. The Labute approximate surface area is 87.3 Å². The fourth-order valence-electron chi connectivity index (χ4n) is 1.67. The summed E-state index contributed by atoms with van der Waals surface area (Å²) in [4.78, 5) is 21.8. The summed E-state index contributed by atoms with van der Waals surface area (Å²) in [6, 6.07) is 5.34. The molecular formula is C12H9NO2. The normalized spacial score (nSPS) is 12.9. The van der Waals surface area contributed by atoms with Crippen molar-refractivity contribution in [3.05, 3.63) is 34.9 Å². The SMILES string of the molecule is NC(=O)C#Cc1ccc2c(c1)CCC2=O. The minimum Gasteiger partial charge on any atom is -0.359 e. The number of hydrogen-bond acceptors (Lipinski definition) is 2. The molecule has 0 aromatic heterocycles. The topological polar surface area (TPSA) is 60.2 Å². The van der Waals surface area contributed by atoms with Gasteiger partial charge >= 0.3 is 0 Å². The zero-order valence-corrected chi connectivity index (χ0v) is 8.04. The molecule has 0 aliphatic heterocycles. The number of aryl methyl sites for hydroxylation is 1. The average molecular weight is 199 g/mol. The lowest BCUT2D eigenvalue weighted by molar-refractivity contribution is -0.112. The highest BCUT2D eigenvalue weighted by molar-refractivity contribution is 6.00. The molecule has 0 spiro atoms. The van der Waals surface area contributed by atoms with E-state index >= 15 is 0 Å². The van der Waals surface area contributed by atoms with Gasteiger partial charge in [-0.3, -0.25) is 9.59 Å². The highest BCUT2D eigenvalue weighted by Gasteiger charge is 2.18. The van der Waals surface area contributed by atoms with E-state index in [1.807, 2.05) is 6.07 Å². The Morgan fingerprint density at radius 3 is 2.87 bits per heavy atom. The van der Waals surface area contributed by atoms with Crippen LogP contribution in [0.3, 0.4) is 0 Å². The molecule has 74 valence electrons. The van der Waals surface area contributed by atoms with Crippen LogP contribution in [-0.4, -0.2) is 11.7 Å². The Kier molecular flexibility index (Phi) is 2.26. The molecular weight excluding hydrogens is 190 g/mol. The molecule has 2 N–H and O–H groups in total. The van der Waals surface area contributed by atoms with Crippen molar-refractivity contribution in [2.24, 2.45) is 5.73 Å². The maximum atomic E-state index is 11.3. The van der Waals surface area contributed by atoms with Crippen LogP contribution in [0.4, 0.5) is 0 Å². The molecule has 2 rings (SSSR count). The highest BCUT2D eigenvalue weighted by Crippen LogP contribution is 2.22. The van der Waals surface area contributed by atoms with Gasteiger partial charge in [0.05, 0.1) is 0 Å². The molecule has 0 fully saturated rings. The first-order valence-electron chi connectivity index (χ1n) is 4.64. The van der Waals surface area contributed by atoms with Gasteiger partial charge in [-0.05, 0) is 36.1 Å². The van der Waals surface area contributed by atoms with Crippen molar-refractivity contribution in [2.45, 2.75) is 12.8 Å². The van der Waals surface area contributed by atoms with Gasteiger partial charge in [0.1, 0.15) is 0 Å². The standard InChI is InChI=1S/C12H9NO2/c13-12(15)6-2-8-1-4-10-9(7-8)3-5-11(10)14/h1,4,7H,3,5H2,(H2,13,15). The van der Waals surface area contributed by atoms with E-state index in [1.54, 1.807) is 12.1 Å². The summed E-state index contributed by atoms with van der Waals surface area (Å²) in [7, 11) is 0. The zero-order chi connectivity index (χ0) is 10.8. The highest BCUT2D eigenvalue weighted by atomic mass is 16.1. The maximum Gasteiger partial charge on any atom is 0.293 e. The quantitative estimate of drug-likeness (QED) is 0.624. The van der Waals surface area contributed by atoms with Crippen molar-refractivity contribution in [2.75, 3.05) is 0 Å². The van der Waals surface area contributed by atoms with Gasteiger partial charge in [0.15, 0.2) is 5.78 Å². The van der Waals surface area contributed by atoms with Gasteiger partial charge in [-0.2, -0.15) is 0 Å². The van der Waals surface area contributed by atoms with E-state index in [1.165, 1.54) is 0 Å². The lowest BCUT2D eigenvalue weighted by atomic mass is 10.1. The van der Waals surface area contributed by atoms with E-state index in [9.17, 15) is 9.59 Å². The van der Waals surface area contributed by atoms with Crippen LogP contribution in [0.15, 0.2) is 18.2 Å². The van der Waals surface area contributed by atoms with Gasteiger partial charge in [0.2, 0.25) is 0 Å². The van der Waals surface area contributed by atoms with Crippen molar-refractivity contribution >= 4 is 11.7 Å². The number of primary amides is 1. The van der Waals surface area contributed by atoms with Gasteiger partial charge in [0, 0.05) is 17.5 Å². The Hall–Kier alpha value is -2.08. The molecule has 1 aromatic rings. The number of ketones is 1. The first kappa shape index (κ1) is 9.47. The van der Waals surface area contributed by atoms with Crippen LogP contribution >= 0.6 is 0 Å². The molecule has 1 aliphatic rings. The molecule has 3 heteroatoms. The molecule has 1 aliphatic carbocycles. The Balaban J connectivity index is 2.36. The van der Waals surface area contributed by atoms with Crippen molar-refractivity contribution < 1.29 is 9.59 Å². The second-order valence-electron chi connectivity index (χ2n) is 3.41. The van der Waals surface area contributed by atoms with E-state index in [0.29, 0.717) is 6.42 Å². The fourth-order valence-corrected chi connectivity index (χ4v) is 1.67. The van der Waals surface area contributed by atoms with Crippen molar-refractivity contribution in [3.8, 4) is 11.8 Å². The predicted molar refractivity (Wildman–Crippen MR) is 55.2 cm³/mol. The van der Waals surface area contributed by atoms with Crippen LogP contribution in [-0.2, 0) is 11.2 Å². The molecule has 0 heterocycles. The Morgan fingerprint density at radius 2 is 2.13 bits per heavy atom. The largest absolute Gasteiger partial charge is 0.359 e. The summed E-state index contributed by atoms with van der Waals surface area (Å²) in [6.07, 6.45) is 1.34. The molecule has 1 aromatic carbocycles. The summed E-state index contributed by atoms with van der Waals surface area (Å²) >= 11 is 0. The minimum atomic E-state index is -0.647. The third kappa shape index (κ3) is 1.89. The van der Waals surface area contributed by atoms with E-state index < -0.39 is 5.91 Å². The number of benzene rings is 1. The van der Waals surface area contributed by atoms with Crippen LogP contribution < -0.4 is 5.73 Å². The lowest BCUT2D eigenvalue weighted by Crippen LogP contribution is -2.06. The van der Waals surface area contributed by atoms with Crippen molar-refractivity contribution in [1.82, 2.24) is 0 Å². The number of rotatable bonds is 0. The van der Waals surface area contributed by atoms with Gasteiger partial charge < -0.3 is 5.73 Å². The van der Waals surface area contributed by atoms with Crippen molar-refractivity contribution in [1.29, 1.82) is 0 Å². The minimum absolute atomic E-state index is 0.180. The van der Waals surface area contributed by atoms with Gasteiger partial charge in [-0.15, -0.1) is 0 Å². The predicted octanol–water partition coefficient (Wildman–Crippen LogP) is 0.652. The number of nitrogens with two attached hydrogens (primary N) is 1. The summed E-state index contributed by atoms with van der Waals surface area (Å²) in [6.45, 7) is 0. The smallest absolute Gasteiger partial charge is 0.293 e. The number of Topliss-reactive ketones (excluding diaryl/α,β-unsaturated/α-hetero) is 1. The number of fused-ring (bicyclic) bond motifs is 1. The van der Waals surface area contributed by atoms with E-state index in [4.69, 9.17) is 5.73 Å². The van der Waals surface area contributed by atoms with Crippen LogP contribution in [0.25, 0.3) is 0 Å². The fraction of sp³-hybridized carbons (Fsp3) is 0.167. The summed E-state index contributed by atoms with van der Waals surface area (Å²) < 4.78 is 0. The van der Waals surface area contributed by atoms with Gasteiger partial charge in [-0.25, -0.2) is 0 Å². The Morgan fingerprint density at radius 1 is 1.33 bits per heavy atom. The van der Waals surface area contributed by atoms with Gasteiger partial charge in [0.25, 0.3) is 5.91 Å². The number of hydrogen-bond donors (Lipinski definition) is 1. The molecule has 0 saturated heterocycles. The second-order valence-corrected chi connectivity index (χ2v) is 3.41.